The summed E-state index contributed by atoms with van der Waals surface area (Å²) in [5, 5.41) is 6.06. The molecule has 1 aliphatic heterocycles. The fourth-order valence-corrected chi connectivity index (χ4v) is 5.34. The number of nitrogens with zero attached hydrogens (tertiary/aromatic N) is 2. The molecule has 1 heterocycles. The largest absolute Gasteiger partial charge is 0.370 e. The molecule has 1 saturated heterocycles. The van der Waals surface area contributed by atoms with Crippen LogP contribution in [0.2, 0.25) is 0 Å². The van der Waals surface area contributed by atoms with Crippen LogP contribution in [-0.4, -0.2) is 86.5 Å². The van der Waals surface area contributed by atoms with Gasteiger partial charge in [-0.3, -0.25) is 14.4 Å². The molecule has 3 amide bonds. The molecule has 0 saturated carbocycles. The number of nitrogens with one attached hydrogen (secondary N) is 2. The Morgan fingerprint density at radius 1 is 0.833 bits per heavy atom. The second-order valence-electron chi connectivity index (χ2n) is 10.9. The molecule has 3 aromatic carbocycles. The lowest BCUT2D eigenvalue weighted by Crippen LogP contribution is -2.56. The van der Waals surface area contributed by atoms with Crippen LogP contribution in [0, 0.1) is 0 Å². The molecule has 0 aromatic heterocycles. The quantitative estimate of drug-likeness (QED) is 0.329. The van der Waals surface area contributed by atoms with Crippen molar-refractivity contribution in [1.82, 2.24) is 20.4 Å². The van der Waals surface area contributed by atoms with E-state index in [1.165, 1.54) is 9.80 Å². The van der Waals surface area contributed by atoms with Crippen molar-refractivity contribution < 1.29 is 19.1 Å². The van der Waals surface area contributed by atoms with E-state index in [0.29, 0.717) is 19.4 Å². The first kappa shape index (κ1) is 30.9. The van der Waals surface area contributed by atoms with Gasteiger partial charge in [-0.25, -0.2) is 0 Å². The van der Waals surface area contributed by atoms with Crippen LogP contribution in [0.1, 0.15) is 24.0 Å². The zero-order chi connectivity index (χ0) is 29.9. The number of benzene rings is 3. The Kier molecular flexibility index (Phi) is 11.3. The van der Waals surface area contributed by atoms with Crippen molar-refractivity contribution in [2.75, 3.05) is 40.9 Å². The fraction of sp³-hybridized carbons (Fsp3) is 0.382. The average molecular weight is 571 g/mol. The summed E-state index contributed by atoms with van der Waals surface area (Å²) < 4.78 is 5.75. The summed E-state index contributed by atoms with van der Waals surface area (Å²) in [7, 11) is 4.84. The van der Waals surface area contributed by atoms with Gasteiger partial charge in [-0.2, -0.15) is 0 Å². The van der Waals surface area contributed by atoms with Gasteiger partial charge in [-0.15, -0.1) is 0 Å². The molecule has 0 radical (unpaired) electrons. The number of rotatable bonds is 13. The number of hydrogen-bond donors (Lipinski definition) is 2. The molecule has 3 unspecified atom stereocenters. The van der Waals surface area contributed by atoms with E-state index in [1.807, 2.05) is 72.8 Å². The maximum absolute atomic E-state index is 14.1. The maximum Gasteiger partial charge on any atom is 0.249 e. The van der Waals surface area contributed by atoms with Gasteiger partial charge in [0.1, 0.15) is 18.7 Å². The molecule has 42 heavy (non-hydrogen) atoms. The highest BCUT2D eigenvalue weighted by Crippen LogP contribution is 2.21. The second-order valence-corrected chi connectivity index (χ2v) is 10.9. The minimum atomic E-state index is -0.818. The van der Waals surface area contributed by atoms with E-state index in [-0.39, 0.29) is 30.4 Å². The zero-order valence-electron chi connectivity index (χ0n) is 24.8. The molecule has 4 rings (SSSR count). The Morgan fingerprint density at radius 3 is 2.05 bits per heavy atom. The molecule has 2 N–H and O–H groups in total. The van der Waals surface area contributed by atoms with Crippen molar-refractivity contribution in [1.29, 1.82) is 0 Å². The van der Waals surface area contributed by atoms with Crippen LogP contribution < -0.4 is 10.6 Å². The molecule has 1 aliphatic rings. The van der Waals surface area contributed by atoms with E-state index in [1.54, 1.807) is 21.1 Å². The molecule has 8 nitrogen and oxygen atoms in total. The monoisotopic (exact) mass is 570 g/mol. The summed E-state index contributed by atoms with van der Waals surface area (Å²) >= 11 is 0. The van der Waals surface area contributed by atoms with Gasteiger partial charge < -0.3 is 25.2 Å². The molecule has 0 bridgehead atoms. The van der Waals surface area contributed by atoms with E-state index in [9.17, 15) is 14.4 Å². The second kappa shape index (κ2) is 15.3. The Bertz CT molecular complexity index is 1290. The van der Waals surface area contributed by atoms with Crippen LogP contribution in [0.25, 0.3) is 11.1 Å². The van der Waals surface area contributed by atoms with E-state index < -0.39 is 12.1 Å². The van der Waals surface area contributed by atoms with E-state index in [0.717, 1.165) is 41.6 Å². The van der Waals surface area contributed by atoms with Crippen LogP contribution in [0.3, 0.4) is 0 Å². The van der Waals surface area contributed by atoms with Crippen molar-refractivity contribution in [3.8, 4) is 11.1 Å². The van der Waals surface area contributed by atoms with Gasteiger partial charge in [0.05, 0.1) is 6.61 Å². The highest BCUT2D eigenvalue weighted by molar-refractivity contribution is 5.92. The number of ether oxygens (including phenoxy) is 1. The van der Waals surface area contributed by atoms with Gasteiger partial charge in [0, 0.05) is 40.0 Å². The predicted molar refractivity (Wildman–Crippen MR) is 165 cm³/mol. The molecule has 3 aromatic rings. The summed E-state index contributed by atoms with van der Waals surface area (Å²) in [6.07, 6.45) is 2.79. The van der Waals surface area contributed by atoms with Gasteiger partial charge in [0.2, 0.25) is 17.7 Å². The Labute approximate surface area is 249 Å². The van der Waals surface area contributed by atoms with Gasteiger partial charge >= 0.3 is 0 Å². The van der Waals surface area contributed by atoms with Crippen LogP contribution in [0.4, 0.5) is 0 Å². The van der Waals surface area contributed by atoms with Gasteiger partial charge in [0.25, 0.3) is 0 Å². The van der Waals surface area contributed by atoms with Crippen LogP contribution >= 0.6 is 0 Å². The Hall–Kier alpha value is -4.01. The third-order valence-electron chi connectivity index (χ3n) is 7.98. The Morgan fingerprint density at radius 2 is 1.43 bits per heavy atom. The van der Waals surface area contributed by atoms with Crippen LogP contribution in [0.15, 0.2) is 84.9 Å². The smallest absolute Gasteiger partial charge is 0.249 e. The molecule has 0 aliphatic carbocycles. The highest BCUT2D eigenvalue weighted by atomic mass is 16.5. The first-order chi connectivity index (χ1) is 20.4. The zero-order valence-corrected chi connectivity index (χ0v) is 24.8. The first-order valence-corrected chi connectivity index (χ1v) is 14.6. The van der Waals surface area contributed by atoms with E-state index in [2.05, 4.69) is 22.8 Å². The summed E-state index contributed by atoms with van der Waals surface area (Å²) in [6, 6.07) is 26.4. The maximum atomic E-state index is 14.1. The van der Waals surface area contributed by atoms with Crippen molar-refractivity contribution in [3.05, 3.63) is 96.1 Å². The summed E-state index contributed by atoms with van der Waals surface area (Å²) in [5.74, 6) is -0.845. The average Bonchev–Trinajstić information content (AvgIpc) is 3.56. The SMILES string of the molecule is CNC(=O)C(Cc1ccccc1)N(C)C(=O)C(Cc1ccc(-c2ccccc2)cc1)N(C)C(=O)COCC1CCCN1. The number of carbonyl (C=O) groups is 3. The third kappa shape index (κ3) is 8.27. The minimum absolute atomic E-state index is 0.113. The standard InChI is InChI=1S/C34H42N4O4/c1-35-33(40)30(21-25-11-6-4-7-12-25)38(3)34(41)31(37(2)32(39)24-42-23-29-15-10-20-36-29)22-26-16-18-28(19-17-26)27-13-8-5-9-14-27/h4-9,11-14,16-19,29-31,36H,10,15,20-24H2,1-3H3,(H,35,40). The molecule has 1 fully saturated rings. The lowest BCUT2D eigenvalue weighted by atomic mass is 9.98. The van der Waals surface area contributed by atoms with E-state index in [4.69, 9.17) is 4.74 Å². The molecule has 8 heteroatoms. The van der Waals surface area contributed by atoms with Gasteiger partial charge in [0.15, 0.2) is 0 Å². The van der Waals surface area contributed by atoms with Crippen molar-refractivity contribution >= 4 is 17.7 Å². The normalized spacial score (nSPS) is 15.9. The van der Waals surface area contributed by atoms with Crippen LogP contribution in [0.5, 0.6) is 0 Å². The van der Waals surface area contributed by atoms with Gasteiger partial charge in [-0.05, 0) is 41.6 Å². The van der Waals surface area contributed by atoms with Crippen LogP contribution in [-0.2, 0) is 32.0 Å². The lowest BCUT2D eigenvalue weighted by Gasteiger charge is -2.34. The number of hydrogen-bond acceptors (Lipinski definition) is 5. The van der Waals surface area contributed by atoms with Crippen molar-refractivity contribution in [2.24, 2.45) is 0 Å². The number of amides is 3. The summed E-state index contributed by atoms with van der Waals surface area (Å²) in [5.41, 5.74) is 4.03. The number of carbonyl (C=O) groups excluding carboxylic acids is 3. The lowest BCUT2D eigenvalue weighted by molar-refractivity contribution is -0.149. The van der Waals surface area contributed by atoms with Gasteiger partial charge in [-0.1, -0.05) is 84.9 Å². The molecule has 0 spiro atoms. The predicted octanol–water partition coefficient (Wildman–Crippen LogP) is 3.31. The molecule has 222 valence electrons. The summed E-state index contributed by atoms with van der Waals surface area (Å²) in [6.45, 7) is 1.30. The molecule has 3 atom stereocenters. The minimum Gasteiger partial charge on any atom is -0.370 e. The highest BCUT2D eigenvalue weighted by Gasteiger charge is 2.35. The van der Waals surface area contributed by atoms with E-state index >= 15 is 0 Å². The summed E-state index contributed by atoms with van der Waals surface area (Å²) in [4.78, 5) is 43.3. The van der Waals surface area contributed by atoms with Crippen molar-refractivity contribution in [3.63, 3.8) is 0 Å². The third-order valence-corrected chi connectivity index (χ3v) is 7.98. The Balaban J connectivity index is 1.54. The number of likely N-dealkylation sites (N-methyl/N-ethyl adjacent to an activating group) is 3. The molecular formula is C34H42N4O4. The first-order valence-electron chi connectivity index (χ1n) is 14.6. The fourth-order valence-electron chi connectivity index (χ4n) is 5.34. The topological polar surface area (TPSA) is 91.0 Å². The molecular weight excluding hydrogens is 528 g/mol. The van der Waals surface area contributed by atoms with Crippen molar-refractivity contribution in [2.45, 2.75) is 43.8 Å².